The van der Waals surface area contributed by atoms with E-state index in [4.69, 9.17) is 17.3 Å². The molecule has 1 saturated heterocycles. The molecule has 38 heavy (non-hydrogen) atoms. The van der Waals surface area contributed by atoms with Crippen LogP contribution in [0.1, 0.15) is 5.69 Å². The van der Waals surface area contributed by atoms with Crippen molar-refractivity contribution in [3.8, 4) is 0 Å². The zero-order valence-electron chi connectivity index (χ0n) is 19.7. The third-order valence-corrected chi connectivity index (χ3v) is 10.2. The van der Waals surface area contributed by atoms with Crippen molar-refractivity contribution < 1.29 is 88.5 Å². The summed E-state index contributed by atoms with van der Waals surface area (Å²) in [6.45, 7) is 0. The van der Waals surface area contributed by atoms with Gasteiger partial charge in [0.25, 0.3) is 11.8 Å². The second-order valence-electron chi connectivity index (χ2n) is 6.98. The normalized spacial score (nSPS) is 18.6. The van der Waals surface area contributed by atoms with E-state index in [-0.39, 0.29) is 98.5 Å². The van der Waals surface area contributed by atoms with E-state index in [9.17, 15) is 29.4 Å². The third-order valence-electron chi connectivity index (χ3n) is 4.75. The minimum atomic E-state index is -1.50. The van der Waals surface area contributed by atoms with Gasteiger partial charge in [0, 0.05) is 28.2 Å². The van der Waals surface area contributed by atoms with Crippen molar-refractivity contribution in [2.45, 2.75) is 20.1 Å². The molecule has 0 aromatic carbocycles. The fourth-order valence-corrected chi connectivity index (χ4v) is 8.21. The maximum Gasteiger partial charge on any atom is 1.00 e. The van der Waals surface area contributed by atoms with Crippen LogP contribution in [-0.2, 0) is 19.2 Å². The number of rotatable bonds is 10. The minimum absolute atomic E-state index is 0. The number of aliphatic carboxylic acids is 2. The molecule has 3 N–H and O–H groups in total. The Balaban J connectivity index is 0.00000253. The standard InChI is InChI=1S/C18H15ClN6O6S5.2Na/c19-1-7(8-4-33-16(20)21-8)12(28)22-10-13(29)25-11(15(30)31)6(2-32-14(10)25)3-34-17-23-24-18(36-17)35-5-9(26)27;;/h1,4,10,14H,2-3,5H2,(H2,20,21)(H,22,28)(H,26,27)(H,30,31);;/q;2*+1/p-2/t10?,14-;;/m0../s1. The van der Waals surface area contributed by atoms with Crippen molar-refractivity contribution in [1.29, 1.82) is 0 Å². The van der Waals surface area contributed by atoms with Gasteiger partial charge in [0.1, 0.15) is 11.4 Å². The number of thiazole rings is 1. The zero-order valence-corrected chi connectivity index (χ0v) is 28.5. The fraction of sp³-hybridized carbons (Fsp3) is 0.278. The Morgan fingerprint density at radius 3 is 2.50 bits per heavy atom. The summed E-state index contributed by atoms with van der Waals surface area (Å²) in [6, 6.07) is -0.958. The van der Waals surface area contributed by atoms with Gasteiger partial charge in [-0.2, -0.15) is 0 Å². The molecule has 4 rings (SSSR count). The van der Waals surface area contributed by atoms with E-state index in [1.54, 1.807) is 5.38 Å². The van der Waals surface area contributed by atoms with E-state index in [1.165, 1.54) is 23.5 Å². The van der Waals surface area contributed by atoms with Crippen molar-refractivity contribution in [3.63, 3.8) is 0 Å². The van der Waals surface area contributed by atoms with Gasteiger partial charge in [0.15, 0.2) is 13.8 Å². The summed E-state index contributed by atoms with van der Waals surface area (Å²) >= 11 is 11.6. The van der Waals surface area contributed by atoms with Crippen molar-refractivity contribution in [3.05, 3.63) is 27.9 Å². The molecule has 2 aromatic heterocycles. The molecule has 0 radical (unpaired) electrons. The second-order valence-corrected chi connectivity index (χ2v) is 12.6. The van der Waals surface area contributed by atoms with Gasteiger partial charge in [-0.05, 0) is 5.57 Å². The van der Waals surface area contributed by atoms with Crippen LogP contribution in [0.3, 0.4) is 0 Å². The molecule has 2 aliphatic rings. The third kappa shape index (κ3) is 7.70. The molecule has 0 bridgehead atoms. The van der Waals surface area contributed by atoms with Gasteiger partial charge in [-0.15, -0.1) is 33.3 Å². The number of nitrogens with one attached hydrogen (secondary N) is 1. The average Bonchev–Trinajstić information content (AvgIpc) is 3.48. The SMILES string of the molecule is Nc1nc(C(=CCl)C(=O)NC2C(=O)N3C(C(=O)[O-])=C(CSc4nnc(SCC(=O)[O-])s4)CS[C@@H]23)cs1.[Na+].[Na+]. The molecule has 2 amide bonds. The number of amides is 2. The number of thioether (sulfide) groups is 3. The number of halogens is 1. The number of nitrogens with zero attached hydrogens (tertiary/aromatic N) is 4. The first kappa shape index (κ1) is 33.9. The Morgan fingerprint density at radius 2 is 1.92 bits per heavy atom. The van der Waals surface area contributed by atoms with E-state index in [1.807, 2.05) is 0 Å². The number of carbonyl (C=O) groups excluding carboxylic acids is 4. The number of carboxylic acid groups (broad SMARTS) is 2. The van der Waals surface area contributed by atoms with Crippen LogP contribution in [0.2, 0.25) is 0 Å². The monoisotopic (exact) mass is 650 g/mol. The molecular weight excluding hydrogens is 638 g/mol. The maximum absolute atomic E-state index is 12.9. The summed E-state index contributed by atoms with van der Waals surface area (Å²) in [5, 5.41) is 34.1. The number of fused-ring (bicyclic) bond motifs is 1. The molecule has 1 fully saturated rings. The summed E-state index contributed by atoms with van der Waals surface area (Å²) in [6.07, 6.45) is 0. The second kappa shape index (κ2) is 15.1. The Morgan fingerprint density at radius 1 is 1.24 bits per heavy atom. The molecule has 2 aromatic rings. The van der Waals surface area contributed by atoms with Gasteiger partial charge in [0.2, 0.25) is 0 Å². The van der Waals surface area contributed by atoms with Gasteiger partial charge in [-0.1, -0.05) is 46.5 Å². The van der Waals surface area contributed by atoms with Crippen LogP contribution in [0.15, 0.2) is 30.9 Å². The van der Waals surface area contributed by atoms with Gasteiger partial charge in [0.05, 0.1) is 28.9 Å². The number of nitrogens with two attached hydrogens (primary N) is 1. The van der Waals surface area contributed by atoms with Crippen molar-refractivity contribution in [2.24, 2.45) is 0 Å². The molecule has 1 unspecified atom stereocenters. The number of carbonyl (C=O) groups is 4. The Bertz CT molecular complexity index is 1310. The van der Waals surface area contributed by atoms with E-state index >= 15 is 0 Å². The van der Waals surface area contributed by atoms with Crippen LogP contribution in [0.5, 0.6) is 0 Å². The predicted molar refractivity (Wildman–Crippen MR) is 134 cm³/mol. The predicted octanol–water partition coefficient (Wildman–Crippen LogP) is -6.80. The summed E-state index contributed by atoms with van der Waals surface area (Å²) in [5.41, 5.74) is 7.15. The first-order valence-corrected chi connectivity index (χ1v) is 14.8. The molecule has 0 spiro atoms. The fourth-order valence-electron chi connectivity index (χ4n) is 3.22. The topological polar surface area (TPSA) is 194 Å². The van der Waals surface area contributed by atoms with Crippen molar-refractivity contribution >= 4 is 104 Å². The van der Waals surface area contributed by atoms with Crippen molar-refractivity contribution in [1.82, 2.24) is 25.4 Å². The summed E-state index contributed by atoms with van der Waals surface area (Å²) in [5.74, 6) is -3.73. The van der Waals surface area contributed by atoms with Gasteiger partial charge >= 0.3 is 59.1 Å². The maximum atomic E-state index is 12.9. The largest absolute Gasteiger partial charge is 1.00 e. The van der Waals surface area contributed by atoms with E-state index in [0.29, 0.717) is 14.3 Å². The summed E-state index contributed by atoms with van der Waals surface area (Å²) in [4.78, 5) is 53.2. The number of nitrogen functional groups attached to an aromatic ring is 1. The molecule has 12 nitrogen and oxygen atoms in total. The first-order valence-electron chi connectivity index (χ1n) is 9.69. The van der Waals surface area contributed by atoms with Crippen LogP contribution >= 0.6 is 69.6 Å². The number of anilines is 1. The smallest absolute Gasteiger partial charge is 0.549 e. The Hall–Kier alpha value is -0.310. The molecule has 2 aliphatic heterocycles. The van der Waals surface area contributed by atoms with E-state index < -0.39 is 35.2 Å². The number of aromatic nitrogens is 3. The van der Waals surface area contributed by atoms with Crippen LogP contribution in [0.4, 0.5) is 5.13 Å². The quantitative estimate of drug-likeness (QED) is 0.107. The van der Waals surface area contributed by atoms with Crippen LogP contribution in [0, 0.1) is 0 Å². The number of hydrogen-bond donors (Lipinski definition) is 2. The first-order chi connectivity index (χ1) is 17.2. The molecule has 2 atom stereocenters. The molecule has 0 aliphatic carbocycles. The summed E-state index contributed by atoms with van der Waals surface area (Å²) in [7, 11) is 0. The van der Waals surface area contributed by atoms with Gasteiger partial charge < -0.3 is 30.9 Å². The number of β-lactam (4-membered cyclic amide) rings is 1. The van der Waals surface area contributed by atoms with Crippen LogP contribution in [-0.4, -0.2) is 72.5 Å². The number of carboxylic acids is 2. The molecule has 0 saturated carbocycles. The molecular formula is C18H13ClN6Na2O6S5. The molecule has 20 heteroatoms. The van der Waals surface area contributed by atoms with E-state index in [2.05, 4.69) is 20.5 Å². The zero-order chi connectivity index (χ0) is 26.0. The molecule has 4 heterocycles. The van der Waals surface area contributed by atoms with Crippen molar-refractivity contribution in [2.75, 3.05) is 23.0 Å². The Kier molecular flexibility index (Phi) is 13.4. The summed E-state index contributed by atoms with van der Waals surface area (Å²) < 4.78 is 0.951. The Labute approximate surface area is 285 Å². The van der Waals surface area contributed by atoms with Crippen LogP contribution < -0.4 is 80.4 Å². The van der Waals surface area contributed by atoms with Gasteiger partial charge in [-0.25, -0.2) is 4.98 Å². The van der Waals surface area contributed by atoms with E-state index in [0.717, 1.165) is 44.9 Å². The molecule has 190 valence electrons. The van der Waals surface area contributed by atoms with Crippen LogP contribution in [0.25, 0.3) is 5.57 Å². The minimum Gasteiger partial charge on any atom is -0.549 e. The average molecular weight is 651 g/mol. The van der Waals surface area contributed by atoms with Gasteiger partial charge in [-0.3, -0.25) is 14.5 Å². The number of hydrogen-bond acceptors (Lipinski definition) is 15.